The molecular formula is C19H23NO5. The molecule has 1 aromatic rings. The van der Waals surface area contributed by atoms with Crippen molar-refractivity contribution in [3.8, 4) is 11.5 Å². The predicted molar refractivity (Wildman–Crippen MR) is 92.2 cm³/mol. The van der Waals surface area contributed by atoms with Gasteiger partial charge in [0.1, 0.15) is 0 Å². The Morgan fingerprint density at radius 2 is 1.84 bits per heavy atom. The number of esters is 1. The molecule has 25 heavy (non-hydrogen) atoms. The molecule has 1 aromatic carbocycles. The molecule has 0 bridgehead atoms. The van der Waals surface area contributed by atoms with Crippen molar-refractivity contribution in [2.24, 2.45) is 0 Å². The highest BCUT2D eigenvalue weighted by Crippen LogP contribution is 2.32. The molecule has 0 aromatic heterocycles. The zero-order chi connectivity index (χ0) is 17.6. The number of amides is 1. The first-order valence-electron chi connectivity index (χ1n) is 8.70. The van der Waals surface area contributed by atoms with E-state index < -0.39 is 12.1 Å². The molecule has 1 saturated heterocycles. The first kappa shape index (κ1) is 17.3. The van der Waals surface area contributed by atoms with Gasteiger partial charge >= 0.3 is 5.97 Å². The fraction of sp³-hybridized carbons (Fsp3) is 0.474. The number of ether oxygens (including phenoxy) is 3. The van der Waals surface area contributed by atoms with Gasteiger partial charge in [-0.25, -0.2) is 4.79 Å². The quantitative estimate of drug-likeness (QED) is 0.620. The molecule has 0 saturated carbocycles. The van der Waals surface area contributed by atoms with Crippen LogP contribution in [0.15, 0.2) is 24.3 Å². The Morgan fingerprint density at radius 3 is 2.60 bits per heavy atom. The Balaban J connectivity index is 1.53. The molecule has 0 radical (unpaired) electrons. The van der Waals surface area contributed by atoms with Crippen LogP contribution < -0.4 is 9.47 Å². The topological polar surface area (TPSA) is 65.1 Å². The minimum absolute atomic E-state index is 0.119. The van der Waals surface area contributed by atoms with E-state index in [1.165, 1.54) is 6.08 Å². The van der Waals surface area contributed by atoms with Crippen LogP contribution in [0.25, 0.3) is 6.08 Å². The fourth-order valence-electron chi connectivity index (χ4n) is 2.99. The van der Waals surface area contributed by atoms with E-state index >= 15 is 0 Å². The number of carbonyl (C=O) groups excluding carboxylic acids is 2. The Bertz CT molecular complexity index is 662. The second-order valence-electron chi connectivity index (χ2n) is 6.26. The molecule has 2 aliphatic heterocycles. The number of hydrogen-bond donors (Lipinski definition) is 0. The summed E-state index contributed by atoms with van der Waals surface area (Å²) in [6.07, 6.45) is 6.50. The van der Waals surface area contributed by atoms with Crippen LogP contribution in [0.1, 0.15) is 38.2 Å². The summed E-state index contributed by atoms with van der Waals surface area (Å²) in [5.41, 5.74) is 0.799. The van der Waals surface area contributed by atoms with Crippen molar-refractivity contribution in [1.82, 2.24) is 4.90 Å². The number of rotatable bonds is 4. The highest BCUT2D eigenvalue weighted by molar-refractivity contribution is 5.90. The molecule has 3 rings (SSSR count). The molecule has 134 valence electrons. The zero-order valence-electron chi connectivity index (χ0n) is 14.4. The predicted octanol–water partition coefficient (Wildman–Crippen LogP) is 2.76. The average Bonchev–Trinajstić information content (AvgIpc) is 2.91. The lowest BCUT2D eigenvalue weighted by atomic mass is 10.2. The lowest BCUT2D eigenvalue weighted by Crippen LogP contribution is -2.40. The van der Waals surface area contributed by atoms with Crippen molar-refractivity contribution in [2.45, 2.75) is 38.7 Å². The molecule has 6 nitrogen and oxygen atoms in total. The minimum atomic E-state index is -0.771. The molecule has 1 amide bonds. The van der Waals surface area contributed by atoms with Gasteiger partial charge in [-0.2, -0.15) is 0 Å². The summed E-state index contributed by atoms with van der Waals surface area (Å²) in [7, 11) is 0. The van der Waals surface area contributed by atoms with Crippen molar-refractivity contribution >= 4 is 18.0 Å². The standard InChI is InChI=1S/C19H23NO5/c1-14(19(22)20-10-4-2-3-5-11-20)25-18(21)9-7-15-6-8-16-17(12-15)24-13-23-16/h6-9,12,14H,2-5,10-11,13H2,1H3/b9-7-/t14-/m1/s1. The second kappa shape index (κ2) is 8.05. The molecule has 6 heteroatoms. The number of carbonyl (C=O) groups is 2. The van der Waals surface area contributed by atoms with Gasteiger partial charge in [0, 0.05) is 19.2 Å². The zero-order valence-corrected chi connectivity index (χ0v) is 14.4. The second-order valence-corrected chi connectivity index (χ2v) is 6.26. The highest BCUT2D eigenvalue weighted by atomic mass is 16.7. The lowest BCUT2D eigenvalue weighted by Gasteiger charge is -2.23. The monoisotopic (exact) mass is 345 g/mol. The number of fused-ring (bicyclic) bond motifs is 1. The maximum Gasteiger partial charge on any atom is 0.331 e. The molecule has 0 unspecified atom stereocenters. The van der Waals surface area contributed by atoms with Crippen molar-refractivity contribution < 1.29 is 23.8 Å². The van der Waals surface area contributed by atoms with Crippen LogP contribution >= 0.6 is 0 Å². The number of benzene rings is 1. The average molecular weight is 345 g/mol. The van der Waals surface area contributed by atoms with Gasteiger partial charge in [-0.3, -0.25) is 4.79 Å². The normalized spacial score (nSPS) is 18.0. The summed E-state index contributed by atoms with van der Waals surface area (Å²) in [6.45, 7) is 3.32. The van der Waals surface area contributed by atoms with E-state index in [0.717, 1.165) is 44.3 Å². The molecule has 0 spiro atoms. The SMILES string of the molecule is C[C@@H](OC(=O)/C=C\c1ccc2c(c1)OCO2)C(=O)N1CCCCCC1. The summed E-state index contributed by atoms with van der Waals surface area (Å²) in [4.78, 5) is 26.2. The van der Waals surface area contributed by atoms with Crippen LogP contribution in [0.4, 0.5) is 0 Å². The maximum atomic E-state index is 12.4. The van der Waals surface area contributed by atoms with Gasteiger partial charge in [0.05, 0.1) is 0 Å². The van der Waals surface area contributed by atoms with Crippen molar-refractivity contribution in [1.29, 1.82) is 0 Å². The molecular weight excluding hydrogens is 322 g/mol. The Morgan fingerprint density at radius 1 is 1.12 bits per heavy atom. The van der Waals surface area contributed by atoms with E-state index in [1.807, 2.05) is 6.07 Å². The summed E-state index contributed by atoms with van der Waals surface area (Å²) < 4.78 is 15.8. The van der Waals surface area contributed by atoms with Crippen LogP contribution in [0.5, 0.6) is 11.5 Å². The number of likely N-dealkylation sites (tertiary alicyclic amines) is 1. The molecule has 2 aliphatic rings. The molecule has 0 aliphatic carbocycles. The van der Waals surface area contributed by atoms with Gasteiger partial charge in [0.25, 0.3) is 5.91 Å². The van der Waals surface area contributed by atoms with Gasteiger partial charge in [-0.1, -0.05) is 18.9 Å². The van der Waals surface area contributed by atoms with Crippen molar-refractivity contribution in [3.63, 3.8) is 0 Å². The van der Waals surface area contributed by atoms with Crippen LogP contribution in [-0.2, 0) is 14.3 Å². The molecule has 1 fully saturated rings. The van der Waals surface area contributed by atoms with E-state index in [-0.39, 0.29) is 12.7 Å². The molecule has 1 atom stereocenters. The fourth-order valence-corrected chi connectivity index (χ4v) is 2.99. The van der Waals surface area contributed by atoms with Crippen LogP contribution in [0.2, 0.25) is 0 Å². The third-order valence-corrected chi connectivity index (χ3v) is 4.37. The van der Waals surface area contributed by atoms with Crippen LogP contribution in [0.3, 0.4) is 0 Å². The summed E-state index contributed by atoms with van der Waals surface area (Å²) in [5, 5.41) is 0. The van der Waals surface area contributed by atoms with Gasteiger partial charge in [0.2, 0.25) is 6.79 Å². The first-order chi connectivity index (χ1) is 12.1. The first-order valence-corrected chi connectivity index (χ1v) is 8.70. The third-order valence-electron chi connectivity index (χ3n) is 4.37. The molecule has 2 heterocycles. The number of hydrogen-bond acceptors (Lipinski definition) is 5. The van der Waals surface area contributed by atoms with E-state index in [2.05, 4.69) is 0 Å². The summed E-state index contributed by atoms with van der Waals surface area (Å²) >= 11 is 0. The van der Waals surface area contributed by atoms with E-state index in [4.69, 9.17) is 14.2 Å². The highest BCUT2D eigenvalue weighted by Gasteiger charge is 2.23. The minimum Gasteiger partial charge on any atom is -0.454 e. The smallest absolute Gasteiger partial charge is 0.331 e. The maximum absolute atomic E-state index is 12.4. The van der Waals surface area contributed by atoms with Gasteiger partial charge in [0.15, 0.2) is 17.6 Å². The van der Waals surface area contributed by atoms with Crippen LogP contribution in [0, 0.1) is 0 Å². The molecule has 0 N–H and O–H groups in total. The summed E-state index contributed by atoms with van der Waals surface area (Å²) in [6, 6.07) is 5.40. The van der Waals surface area contributed by atoms with Gasteiger partial charge in [-0.05, 0) is 43.5 Å². The Kier molecular flexibility index (Phi) is 5.58. The van der Waals surface area contributed by atoms with Crippen molar-refractivity contribution in [3.05, 3.63) is 29.8 Å². The van der Waals surface area contributed by atoms with Gasteiger partial charge in [-0.15, -0.1) is 0 Å². The summed E-state index contributed by atoms with van der Waals surface area (Å²) in [5.74, 6) is 0.691. The Labute approximate surface area is 147 Å². The van der Waals surface area contributed by atoms with E-state index in [0.29, 0.717) is 11.5 Å². The lowest BCUT2D eigenvalue weighted by molar-refractivity contribution is -0.155. The van der Waals surface area contributed by atoms with E-state index in [9.17, 15) is 9.59 Å². The van der Waals surface area contributed by atoms with Crippen molar-refractivity contribution in [2.75, 3.05) is 19.9 Å². The van der Waals surface area contributed by atoms with Gasteiger partial charge < -0.3 is 19.1 Å². The van der Waals surface area contributed by atoms with Crippen LogP contribution in [-0.4, -0.2) is 42.8 Å². The largest absolute Gasteiger partial charge is 0.454 e. The van der Waals surface area contributed by atoms with E-state index in [1.54, 1.807) is 30.0 Å². The third kappa shape index (κ3) is 4.53. The Hall–Kier alpha value is -2.50. The number of nitrogens with zero attached hydrogens (tertiary/aromatic N) is 1.